The topological polar surface area (TPSA) is 39.4 Å². The summed E-state index contributed by atoms with van der Waals surface area (Å²) in [6.45, 7) is 4.90. The van der Waals surface area contributed by atoms with E-state index in [1.165, 1.54) is 12.3 Å². The van der Waals surface area contributed by atoms with Crippen molar-refractivity contribution in [1.29, 1.82) is 0 Å². The Kier molecular flexibility index (Phi) is 3.47. The highest BCUT2D eigenvalue weighted by Gasteiger charge is 2.07. The predicted octanol–water partition coefficient (Wildman–Crippen LogP) is 3.22. The fraction of sp³-hybridized carbons (Fsp3) is 0.357. The molecule has 1 aromatic heterocycles. The van der Waals surface area contributed by atoms with E-state index in [9.17, 15) is 4.79 Å². The Labute approximate surface area is 100 Å². The summed E-state index contributed by atoms with van der Waals surface area (Å²) in [5.74, 6) is 1.19. The monoisotopic (exact) mass is 232 g/mol. The third kappa shape index (κ3) is 2.67. The van der Waals surface area contributed by atoms with Crippen LogP contribution in [0.1, 0.15) is 20.3 Å². The van der Waals surface area contributed by atoms with Gasteiger partial charge in [-0.25, -0.2) is 0 Å². The minimum atomic E-state index is -0.0635. The average molecular weight is 232 g/mol. The number of rotatable bonds is 4. The summed E-state index contributed by atoms with van der Waals surface area (Å²) in [6.07, 6.45) is 2.37. The Bertz CT molecular complexity index is 549. The van der Waals surface area contributed by atoms with Crippen LogP contribution in [0.3, 0.4) is 0 Å². The molecule has 0 aliphatic carbocycles. The van der Waals surface area contributed by atoms with E-state index in [-0.39, 0.29) is 5.43 Å². The van der Waals surface area contributed by atoms with E-state index in [2.05, 4.69) is 13.8 Å². The smallest absolute Gasteiger partial charge is 0.196 e. The maximum absolute atomic E-state index is 11.8. The number of ether oxygens (including phenoxy) is 1. The van der Waals surface area contributed by atoms with Gasteiger partial charge in [0.05, 0.1) is 12.9 Å². The van der Waals surface area contributed by atoms with Crippen molar-refractivity contribution >= 4 is 11.0 Å². The van der Waals surface area contributed by atoms with Gasteiger partial charge in [0.25, 0.3) is 0 Å². The molecule has 2 rings (SSSR count). The largest absolute Gasteiger partial charge is 0.493 e. The molecule has 3 nitrogen and oxygen atoms in total. The van der Waals surface area contributed by atoms with E-state index in [4.69, 9.17) is 9.15 Å². The molecule has 0 saturated heterocycles. The van der Waals surface area contributed by atoms with Gasteiger partial charge in [-0.15, -0.1) is 0 Å². The maximum atomic E-state index is 11.8. The summed E-state index contributed by atoms with van der Waals surface area (Å²) >= 11 is 0. The molecule has 3 heteroatoms. The van der Waals surface area contributed by atoms with Crippen molar-refractivity contribution in [2.24, 2.45) is 5.92 Å². The Hall–Kier alpha value is -1.77. The van der Waals surface area contributed by atoms with Crippen LogP contribution < -0.4 is 10.2 Å². The summed E-state index contributed by atoms with van der Waals surface area (Å²) in [7, 11) is 0. The molecule has 1 heterocycles. The van der Waals surface area contributed by atoms with Crippen molar-refractivity contribution in [3.8, 4) is 5.75 Å². The van der Waals surface area contributed by atoms with Gasteiger partial charge in [0.1, 0.15) is 16.7 Å². The summed E-state index contributed by atoms with van der Waals surface area (Å²) in [6, 6.07) is 6.82. The van der Waals surface area contributed by atoms with Gasteiger partial charge in [0.2, 0.25) is 0 Å². The minimum Gasteiger partial charge on any atom is -0.493 e. The number of hydrogen-bond donors (Lipinski definition) is 0. The number of fused-ring (bicyclic) bond motifs is 1. The first-order chi connectivity index (χ1) is 8.18. The highest BCUT2D eigenvalue weighted by Crippen LogP contribution is 2.22. The van der Waals surface area contributed by atoms with Gasteiger partial charge in [0, 0.05) is 6.07 Å². The minimum absolute atomic E-state index is 0.0635. The molecule has 2 aromatic rings. The Morgan fingerprint density at radius 3 is 2.88 bits per heavy atom. The zero-order valence-electron chi connectivity index (χ0n) is 10.1. The highest BCUT2D eigenvalue weighted by atomic mass is 16.5. The summed E-state index contributed by atoms with van der Waals surface area (Å²) < 4.78 is 10.9. The third-order valence-electron chi connectivity index (χ3n) is 2.60. The van der Waals surface area contributed by atoms with E-state index in [1.54, 1.807) is 12.1 Å². The van der Waals surface area contributed by atoms with Gasteiger partial charge in [0.15, 0.2) is 5.43 Å². The zero-order valence-corrected chi connectivity index (χ0v) is 10.1. The van der Waals surface area contributed by atoms with Crippen molar-refractivity contribution in [3.63, 3.8) is 0 Å². The maximum Gasteiger partial charge on any atom is 0.196 e. The van der Waals surface area contributed by atoms with Gasteiger partial charge in [-0.3, -0.25) is 4.79 Å². The van der Waals surface area contributed by atoms with Crippen LogP contribution in [0.25, 0.3) is 11.0 Å². The van der Waals surface area contributed by atoms with Crippen molar-refractivity contribution < 1.29 is 9.15 Å². The van der Waals surface area contributed by atoms with Crippen LogP contribution in [-0.4, -0.2) is 6.61 Å². The predicted molar refractivity (Wildman–Crippen MR) is 67.4 cm³/mol. The first kappa shape index (κ1) is 11.7. The van der Waals surface area contributed by atoms with Crippen LogP contribution >= 0.6 is 0 Å². The molecule has 0 radical (unpaired) electrons. The van der Waals surface area contributed by atoms with E-state index < -0.39 is 0 Å². The lowest BCUT2D eigenvalue weighted by atomic mass is 10.1. The fourth-order valence-electron chi connectivity index (χ4n) is 1.63. The Morgan fingerprint density at radius 2 is 2.12 bits per heavy atom. The Morgan fingerprint density at radius 1 is 1.29 bits per heavy atom. The molecule has 0 atom stereocenters. The van der Waals surface area contributed by atoms with Crippen LogP contribution in [0, 0.1) is 5.92 Å². The highest BCUT2D eigenvalue weighted by molar-refractivity contribution is 5.82. The molecule has 1 aromatic carbocycles. The number of benzene rings is 1. The van der Waals surface area contributed by atoms with Crippen LogP contribution in [0.4, 0.5) is 0 Å². The van der Waals surface area contributed by atoms with Crippen LogP contribution in [0.15, 0.2) is 39.7 Å². The second-order valence-corrected chi connectivity index (χ2v) is 4.45. The average Bonchev–Trinajstić information content (AvgIpc) is 2.29. The normalized spacial score (nSPS) is 11.0. The molecule has 0 aliphatic rings. The van der Waals surface area contributed by atoms with E-state index in [1.807, 2.05) is 6.07 Å². The summed E-state index contributed by atoms with van der Waals surface area (Å²) in [4.78, 5) is 11.8. The van der Waals surface area contributed by atoms with Crippen molar-refractivity contribution in [2.75, 3.05) is 6.61 Å². The molecule has 0 unspecified atom stereocenters. The molecule has 0 spiro atoms. The molecule has 0 saturated carbocycles. The molecule has 17 heavy (non-hydrogen) atoms. The molecule has 90 valence electrons. The van der Waals surface area contributed by atoms with Gasteiger partial charge < -0.3 is 9.15 Å². The SMILES string of the molecule is CC(C)CCOc1cccc2occc(=O)c12. The quantitative estimate of drug-likeness (QED) is 0.812. The molecule has 0 aliphatic heterocycles. The van der Waals surface area contributed by atoms with E-state index in [0.29, 0.717) is 29.2 Å². The zero-order chi connectivity index (χ0) is 12.3. The second kappa shape index (κ2) is 5.04. The molecular weight excluding hydrogens is 216 g/mol. The van der Waals surface area contributed by atoms with Crippen LogP contribution in [0.5, 0.6) is 5.75 Å². The first-order valence-corrected chi connectivity index (χ1v) is 5.82. The van der Waals surface area contributed by atoms with E-state index in [0.717, 1.165) is 6.42 Å². The summed E-state index contributed by atoms with van der Waals surface area (Å²) in [5.41, 5.74) is 0.506. The second-order valence-electron chi connectivity index (χ2n) is 4.45. The third-order valence-corrected chi connectivity index (χ3v) is 2.60. The summed E-state index contributed by atoms with van der Waals surface area (Å²) in [5, 5.41) is 0.527. The van der Waals surface area contributed by atoms with Crippen LogP contribution in [-0.2, 0) is 0 Å². The van der Waals surface area contributed by atoms with Crippen molar-refractivity contribution in [1.82, 2.24) is 0 Å². The van der Waals surface area contributed by atoms with Gasteiger partial charge >= 0.3 is 0 Å². The lowest BCUT2D eigenvalue weighted by Gasteiger charge is -2.09. The molecule has 0 fully saturated rings. The molecule has 0 N–H and O–H groups in total. The van der Waals surface area contributed by atoms with Crippen molar-refractivity contribution in [3.05, 3.63) is 40.8 Å². The van der Waals surface area contributed by atoms with Gasteiger partial charge in [-0.05, 0) is 24.5 Å². The van der Waals surface area contributed by atoms with Gasteiger partial charge in [-0.2, -0.15) is 0 Å². The molecular formula is C14H16O3. The van der Waals surface area contributed by atoms with Crippen LogP contribution in [0.2, 0.25) is 0 Å². The van der Waals surface area contributed by atoms with E-state index >= 15 is 0 Å². The van der Waals surface area contributed by atoms with Crippen molar-refractivity contribution in [2.45, 2.75) is 20.3 Å². The molecule has 0 amide bonds. The lowest BCUT2D eigenvalue weighted by molar-refractivity contribution is 0.292. The molecule has 0 bridgehead atoms. The Balaban J connectivity index is 2.31. The van der Waals surface area contributed by atoms with Gasteiger partial charge in [-0.1, -0.05) is 19.9 Å². The number of hydrogen-bond acceptors (Lipinski definition) is 3. The lowest BCUT2D eigenvalue weighted by Crippen LogP contribution is -2.05. The standard InChI is InChI=1S/C14H16O3/c1-10(2)6-8-16-12-4-3-5-13-14(12)11(15)7-9-17-13/h3-5,7,9-10H,6,8H2,1-2H3. The fourth-order valence-corrected chi connectivity index (χ4v) is 1.63. The first-order valence-electron chi connectivity index (χ1n) is 5.82.